The Morgan fingerprint density at radius 2 is 1.88 bits per heavy atom. The molecule has 2 heterocycles. The van der Waals surface area contributed by atoms with E-state index in [-0.39, 0.29) is 0 Å². The number of hydrogen-bond donors (Lipinski definition) is 0. The summed E-state index contributed by atoms with van der Waals surface area (Å²) in [7, 11) is 1.89. The summed E-state index contributed by atoms with van der Waals surface area (Å²) in [5.74, 6) is 0.638. The van der Waals surface area contributed by atoms with Gasteiger partial charge in [-0.15, -0.1) is 0 Å². The minimum Gasteiger partial charge on any atom is -0.272 e. The molecule has 0 unspecified atom stereocenters. The van der Waals surface area contributed by atoms with Crippen molar-refractivity contribution in [3.63, 3.8) is 0 Å². The highest BCUT2D eigenvalue weighted by atomic mass is 35.5. The fourth-order valence-electron chi connectivity index (χ4n) is 1.43. The minimum atomic E-state index is 0.505. The average molecular weight is 237 g/mol. The normalized spacial score (nSPS) is 10.8. The molecule has 0 fully saturated rings. The molecule has 0 N–H and O–H groups in total. The second-order valence-corrected chi connectivity index (χ2v) is 4.17. The van der Waals surface area contributed by atoms with Gasteiger partial charge in [-0.3, -0.25) is 4.68 Å². The van der Waals surface area contributed by atoms with Gasteiger partial charge in [0.2, 0.25) is 0 Å². The van der Waals surface area contributed by atoms with Gasteiger partial charge in [0.1, 0.15) is 5.15 Å². The van der Waals surface area contributed by atoms with E-state index in [2.05, 4.69) is 15.1 Å². The zero-order chi connectivity index (χ0) is 11.9. The van der Waals surface area contributed by atoms with Crippen LogP contribution in [0.15, 0.2) is 6.20 Å². The van der Waals surface area contributed by atoms with Crippen molar-refractivity contribution in [1.29, 1.82) is 0 Å². The Kier molecular flexibility index (Phi) is 2.68. The summed E-state index contributed by atoms with van der Waals surface area (Å²) in [6.45, 7) is 5.82. The summed E-state index contributed by atoms with van der Waals surface area (Å²) in [5.41, 5.74) is 3.78. The predicted molar refractivity (Wildman–Crippen MR) is 63.5 cm³/mol. The second-order valence-electron chi connectivity index (χ2n) is 3.82. The SMILES string of the molecule is Cc1nc(-c2cnn(C)c2C)nc(Cl)c1C. The molecule has 2 aromatic heterocycles. The van der Waals surface area contributed by atoms with Gasteiger partial charge in [0.15, 0.2) is 5.82 Å². The lowest BCUT2D eigenvalue weighted by Gasteiger charge is -2.05. The van der Waals surface area contributed by atoms with E-state index in [0.717, 1.165) is 22.5 Å². The average Bonchev–Trinajstić information content (AvgIpc) is 2.56. The van der Waals surface area contributed by atoms with E-state index >= 15 is 0 Å². The highest BCUT2D eigenvalue weighted by Crippen LogP contribution is 2.23. The molecule has 0 spiro atoms. The Labute approximate surface area is 99.3 Å². The van der Waals surface area contributed by atoms with Crippen LogP contribution < -0.4 is 0 Å². The molecule has 84 valence electrons. The van der Waals surface area contributed by atoms with Gasteiger partial charge in [0.05, 0.1) is 11.8 Å². The molecule has 0 atom stereocenters. The largest absolute Gasteiger partial charge is 0.272 e. The van der Waals surface area contributed by atoms with Crippen molar-refractivity contribution in [3.8, 4) is 11.4 Å². The molecular weight excluding hydrogens is 224 g/mol. The monoisotopic (exact) mass is 236 g/mol. The van der Waals surface area contributed by atoms with E-state index in [1.165, 1.54) is 0 Å². The first-order valence-electron chi connectivity index (χ1n) is 5.00. The number of halogens is 1. The van der Waals surface area contributed by atoms with Crippen molar-refractivity contribution in [3.05, 3.63) is 28.3 Å². The molecule has 0 aliphatic rings. The van der Waals surface area contributed by atoms with Crippen LogP contribution >= 0.6 is 11.6 Å². The summed E-state index contributed by atoms with van der Waals surface area (Å²) in [5, 5.41) is 4.67. The van der Waals surface area contributed by atoms with Gasteiger partial charge in [-0.2, -0.15) is 5.10 Å². The Balaban J connectivity index is 2.61. The maximum absolute atomic E-state index is 6.05. The molecule has 4 nitrogen and oxygen atoms in total. The number of hydrogen-bond acceptors (Lipinski definition) is 3. The molecule has 0 bridgehead atoms. The van der Waals surface area contributed by atoms with E-state index in [1.807, 2.05) is 27.8 Å². The molecule has 0 radical (unpaired) electrons. The maximum Gasteiger partial charge on any atom is 0.164 e. The van der Waals surface area contributed by atoms with Crippen LogP contribution in [0.4, 0.5) is 0 Å². The highest BCUT2D eigenvalue weighted by molar-refractivity contribution is 6.30. The highest BCUT2D eigenvalue weighted by Gasteiger charge is 2.12. The van der Waals surface area contributed by atoms with Gasteiger partial charge in [0, 0.05) is 24.0 Å². The zero-order valence-corrected chi connectivity index (χ0v) is 10.5. The lowest BCUT2D eigenvalue weighted by molar-refractivity contribution is 0.740. The summed E-state index contributed by atoms with van der Waals surface area (Å²) in [6, 6.07) is 0. The first kappa shape index (κ1) is 11.1. The van der Waals surface area contributed by atoms with Crippen LogP contribution in [0, 0.1) is 20.8 Å². The fraction of sp³-hybridized carbons (Fsp3) is 0.364. The van der Waals surface area contributed by atoms with E-state index in [0.29, 0.717) is 11.0 Å². The van der Waals surface area contributed by atoms with Crippen LogP contribution in [0.3, 0.4) is 0 Å². The lowest BCUT2D eigenvalue weighted by Crippen LogP contribution is -1.98. The number of nitrogens with zero attached hydrogens (tertiary/aromatic N) is 4. The van der Waals surface area contributed by atoms with Crippen LogP contribution in [0.25, 0.3) is 11.4 Å². The van der Waals surface area contributed by atoms with Crippen molar-refractivity contribution >= 4 is 11.6 Å². The standard InChI is InChI=1S/C11H13ClN4/c1-6-7(2)14-11(15-10(6)12)9-5-13-16(4)8(9)3/h5H,1-4H3. The molecular formula is C11H13ClN4. The van der Waals surface area contributed by atoms with Crippen LogP contribution in [0.5, 0.6) is 0 Å². The quantitative estimate of drug-likeness (QED) is 0.715. The van der Waals surface area contributed by atoms with Crippen LogP contribution in [-0.2, 0) is 7.05 Å². The van der Waals surface area contributed by atoms with Crippen molar-refractivity contribution < 1.29 is 0 Å². The topological polar surface area (TPSA) is 43.6 Å². The minimum absolute atomic E-state index is 0.505. The molecule has 2 rings (SSSR count). The third-order valence-corrected chi connectivity index (χ3v) is 3.17. The van der Waals surface area contributed by atoms with Crippen molar-refractivity contribution in [2.45, 2.75) is 20.8 Å². The molecule has 2 aromatic rings. The Bertz CT molecular complexity index is 522. The van der Waals surface area contributed by atoms with Gasteiger partial charge in [-0.1, -0.05) is 11.6 Å². The predicted octanol–water partition coefficient (Wildman–Crippen LogP) is 2.46. The van der Waals surface area contributed by atoms with E-state index < -0.39 is 0 Å². The first-order chi connectivity index (χ1) is 7.50. The zero-order valence-electron chi connectivity index (χ0n) is 9.74. The summed E-state index contributed by atoms with van der Waals surface area (Å²) >= 11 is 6.05. The molecule has 0 amide bonds. The van der Waals surface area contributed by atoms with Crippen molar-refractivity contribution in [2.24, 2.45) is 7.05 Å². The Morgan fingerprint density at radius 1 is 1.19 bits per heavy atom. The molecule has 0 aromatic carbocycles. The first-order valence-corrected chi connectivity index (χ1v) is 5.38. The number of aryl methyl sites for hydroxylation is 2. The number of rotatable bonds is 1. The van der Waals surface area contributed by atoms with Gasteiger partial charge in [0.25, 0.3) is 0 Å². The maximum atomic E-state index is 6.05. The van der Waals surface area contributed by atoms with Crippen molar-refractivity contribution in [2.75, 3.05) is 0 Å². The molecule has 0 saturated heterocycles. The van der Waals surface area contributed by atoms with E-state index in [9.17, 15) is 0 Å². The molecule has 0 saturated carbocycles. The molecule has 0 aliphatic heterocycles. The van der Waals surface area contributed by atoms with Crippen LogP contribution in [-0.4, -0.2) is 19.7 Å². The summed E-state index contributed by atoms with van der Waals surface area (Å²) < 4.78 is 1.79. The molecule has 0 aliphatic carbocycles. The Hall–Kier alpha value is -1.42. The number of aromatic nitrogens is 4. The molecule has 5 heteroatoms. The summed E-state index contributed by atoms with van der Waals surface area (Å²) in [6.07, 6.45) is 1.76. The lowest BCUT2D eigenvalue weighted by atomic mass is 10.2. The summed E-state index contributed by atoms with van der Waals surface area (Å²) in [4.78, 5) is 8.71. The van der Waals surface area contributed by atoms with Crippen LogP contribution in [0.1, 0.15) is 17.0 Å². The van der Waals surface area contributed by atoms with E-state index in [1.54, 1.807) is 10.9 Å². The van der Waals surface area contributed by atoms with E-state index in [4.69, 9.17) is 11.6 Å². The van der Waals surface area contributed by atoms with Gasteiger partial charge in [-0.05, 0) is 20.8 Å². The van der Waals surface area contributed by atoms with Gasteiger partial charge < -0.3 is 0 Å². The second kappa shape index (κ2) is 3.87. The Morgan fingerprint density at radius 3 is 2.38 bits per heavy atom. The molecule has 16 heavy (non-hydrogen) atoms. The van der Waals surface area contributed by atoms with Gasteiger partial charge in [-0.25, -0.2) is 9.97 Å². The third-order valence-electron chi connectivity index (χ3n) is 2.81. The third kappa shape index (κ3) is 1.69. The fourth-order valence-corrected chi connectivity index (χ4v) is 1.65. The smallest absolute Gasteiger partial charge is 0.164 e. The van der Waals surface area contributed by atoms with Crippen molar-refractivity contribution in [1.82, 2.24) is 19.7 Å². The van der Waals surface area contributed by atoms with Gasteiger partial charge >= 0.3 is 0 Å². The van der Waals surface area contributed by atoms with Crippen LogP contribution in [0.2, 0.25) is 5.15 Å².